The van der Waals surface area contributed by atoms with Crippen molar-refractivity contribution in [2.24, 2.45) is 0 Å². The van der Waals surface area contributed by atoms with Crippen molar-refractivity contribution in [3.05, 3.63) is 36.7 Å². The number of morpholine rings is 1. The van der Waals surface area contributed by atoms with Crippen molar-refractivity contribution >= 4 is 21.6 Å². The number of rotatable bonds is 6. The van der Waals surface area contributed by atoms with E-state index in [0.29, 0.717) is 32.1 Å². The molecule has 2 aromatic rings. The maximum atomic E-state index is 12.8. The van der Waals surface area contributed by atoms with E-state index in [2.05, 4.69) is 10.4 Å². The van der Waals surface area contributed by atoms with Crippen LogP contribution in [0.5, 0.6) is 5.75 Å². The van der Waals surface area contributed by atoms with Gasteiger partial charge in [0.2, 0.25) is 15.9 Å². The van der Waals surface area contributed by atoms with Crippen molar-refractivity contribution in [2.75, 3.05) is 38.7 Å². The van der Waals surface area contributed by atoms with Crippen molar-refractivity contribution in [3.8, 4) is 5.75 Å². The van der Waals surface area contributed by atoms with Gasteiger partial charge in [-0.15, -0.1) is 0 Å². The van der Waals surface area contributed by atoms with Gasteiger partial charge in [0.1, 0.15) is 11.8 Å². The maximum Gasteiger partial charge on any atom is 0.249 e. The first-order chi connectivity index (χ1) is 12.9. The van der Waals surface area contributed by atoms with Crippen LogP contribution in [0.15, 0.2) is 41.6 Å². The predicted molar refractivity (Wildman–Crippen MR) is 98.1 cm³/mol. The van der Waals surface area contributed by atoms with Crippen LogP contribution in [0.4, 0.5) is 5.69 Å². The highest BCUT2D eigenvalue weighted by Gasteiger charge is 2.27. The minimum absolute atomic E-state index is 0.0900. The van der Waals surface area contributed by atoms with Crippen molar-refractivity contribution < 1.29 is 22.7 Å². The van der Waals surface area contributed by atoms with E-state index in [0.717, 1.165) is 0 Å². The number of carbonyl (C=O) groups is 1. The molecular formula is C17H22N4O5S. The van der Waals surface area contributed by atoms with Crippen LogP contribution in [-0.4, -0.2) is 61.8 Å². The van der Waals surface area contributed by atoms with Gasteiger partial charge < -0.3 is 14.8 Å². The summed E-state index contributed by atoms with van der Waals surface area (Å²) in [6, 6.07) is 5.57. The van der Waals surface area contributed by atoms with E-state index >= 15 is 0 Å². The molecule has 10 heteroatoms. The van der Waals surface area contributed by atoms with Crippen molar-refractivity contribution in [2.45, 2.75) is 17.9 Å². The largest absolute Gasteiger partial charge is 0.495 e. The van der Waals surface area contributed by atoms with Gasteiger partial charge in [-0.25, -0.2) is 8.42 Å². The SMILES string of the molecule is COc1ccc(S(=O)(=O)N2CCOCC2)cc1NC(=O)[C@@H](C)n1cccn1. The van der Waals surface area contributed by atoms with Gasteiger partial charge in [0.15, 0.2) is 0 Å². The van der Waals surface area contributed by atoms with E-state index in [1.54, 1.807) is 25.4 Å². The van der Waals surface area contributed by atoms with Gasteiger partial charge in [-0.1, -0.05) is 0 Å². The number of aromatic nitrogens is 2. The summed E-state index contributed by atoms with van der Waals surface area (Å²) < 4.78 is 39.1. The second kappa shape index (κ2) is 8.07. The first kappa shape index (κ1) is 19.3. The molecule has 1 aliphatic heterocycles. The zero-order chi connectivity index (χ0) is 19.4. The number of hydrogen-bond donors (Lipinski definition) is 1. The Bertz CT molecular complexity index is 892. The molecular weight excluding hydrogens is 372 g/mol. The highest BCUT2D eigenvalue weighted by molar-refractivity contribution is 7.89. The average Bonchev–Trinajstić information content (AvgIpc) is 3.22. The van der Waals surface area contributed by atoms with Gasteiger partial charge >= 0.3 is 0 Å². The van der Waals surface area contributed by atoms with E-state index in [1.807, 2.05) is 0 Å². The first-order valence-corrected chi connectivity index (χ1v) is 9.93. The van der Waals surface area contributed by atoms with Crippen LogP contribution >= 0.6 is 0 Å². The molecule has 2 heterocycles. The highest BCUT2D eigenvalue weighted by Crippen LogP contribution is 2.29. The monoisotopic (exact) mass is 394 g/mol. The Labute approximate surface area is 157 Å². The molecule has 9 nitrogen and oxygen atoms in total. The summed E-state index contributed by atoms with van der Waals surface area (Å²) in [6.45, 7) is 3.02. The number of carbonyl (C=O) groups excluding carboxylic acids is 1. The molecule has 1 atom stereocenters. The highest BCUT2D eigenvalue weighted by atomic mass is 32.2. The van der Waals surface area contributed by atoms with E-state index in [-0.39, 0.29) is 16.5 Å². The number of nitrogens with zero attached hydrogens (tertiary/aromatic N) is 3. The zero-order valence-electron chi connectivity index (χ0n) is 15.2. The fourth-order valence-electron chi connectivity index (χ4n) is 2.75. The minimum Gasteiger partial charge on any atom is -0.495 e. The lowest BCUT2D eigenvalue weighted by atomic mass is 10.2. The van der Waals surface area contributed by atoms with Gasteiger partial charge in [-0.2, -0.15) is 9.40 Å². The molecule has 1 fully saturated rings. The average molecular weight is 394 g/mol. The number of benzene rings is 1. The standard InChI is InChI=1S/C17H22N4O5S/c1-13(21-7-3-6-18-21)17(22)19-15-12-14(4-5-16(15)25-2)27(23,24)20-8-10-26-11-9-20/h3-7,12-13H,8-11H2,1-2H3,(H,19,22)/t13-/m1/s1. The summed E-state index contributed by atoms with van der Waals surface area (Å²) in [5, 5.41) is 6.78. The normalized spacial score (nSPS) is 16.7. The number of sulfonamides is 1. The number of nitrogens with one attached hydrogen (secondary N) is 1. The smallest absolute Gasteiger partial charge is 0.249 e. The maximum absolute atomic E-state index is 12.8. The Kier molecular flexibility index (Phi) is 5.78. The Morgan fingerprint density at radius 1 is 1.33 bits per heavy atom. The summed E-state index contributed by atoms with van der Waals surface area (Å²) in [5.41, 5.74) is 0.288. The van der Waals surface area contributed by atoms with Crippen LogP contribution in [0.2, 0.25) is 0 Å². The second-order valence-corrected chi connectivity index (χ2v) is 7.97. The summed E-state index contributed by atoms with van der Waals surface area (Å²) in [5.74, 6) is 0.0369. The van der Waals surface area contributed by atoms with Crippen molar-refractivity contribution in [3.63, 3.8) is 0 Å². The van der Waals surface area contributed by atoms with E-state index in [4.69, 9.17) is 9.47 Å². The third-order valence-electron chi connectivity index (χ3n) is 4.34. The molecule has 0 bridgehead atoms. The van der Waals surface area contributed by atoms with Gasteiger partial charge in [-0.05, 0) is 31.2 Å². The number of ether oxygens (including phenoxy) is 2. The van der Waals surface area contributed by atoms with Crippen LogP contribution in [-0.2, 0) is 19.6 Å². The zero-order valence-corrected chi connectivity index (χ0v) is 16.0. The van der Waals surface area contributed by atoms with Crippen molar-refractivity contribution in [1.82, 2.24) is 14.1 Å². The Balaban J connectivity index is 1.86. The van der Waals surface area contributed by atoms with Crippen LogP contribution in [0.25, 0.3) is 0 Å². The second-order valence-electron chi connectivity index (χ2n) is 6.03. The molecule has 1 aromatic heterocycles. The molecule has 1 amide bonds. The summed E-state index contributed by atoms with van der Waals surface area (Å²) in [7, 11) is -2.22. The van der Waals surface area contributed by atoms with Gasteiger partial charge in [-0.3, -0.25) is 9.48 Å². The predicted octanol–water partition coefficient (Wildman–Crippen LogP) is 1.11. The first-order valence-electron chi connectivity index (χ1n) is 8.49. The number of hydrogen-bond acceptors (Lipinski definition) is 6. The molecule has 0 saturated carbocycles. The molecule has 1 N–H and O–H groups in total. The molecule has 3 rings (SSSR count). The lowest BCUT2D eigenvalue weighted by molar-refractivity contribution is -0.119. The van der Waals surface area contributed by atoms with E-state index in [9.17, 15) is 13.2 Å². The molecule has 0 spiro atoms. The Hall–Kier alpha value is -2.43. The van der Waals surface area contributed by atoms with Gasteiger partial charge in [0.25, 0.3) is 0 Å². The molecule has 146 valence electrons. The van der Waals surface area contributed by atoms with E-state index < -0.39 is 16.1 Å². The fraction of sp³-hybridized carbons (Fsp3) is 0.412. The van der Waals surface area contributed by atoms with Gasteiger partial charge in [0.05, 0.1) is 30.9 Å². The third-order valence-corrected chi connectivity index (χ3v) is 6.23. The van der Waals surface area contributed by atoms with Gasteiger partial charge in [0, 0.05) is 25.5 Å². The number of amides is 1. The fourth-order valence-corrected chi connectivity index (χ4v) is 4.18. The quantitative estimate of drug-likeness (QED) is 0.787. The lowest BCUT2D eigenvalue weighted by Gasteiger charge is -2.26. The number of anilines is 1. The van der Waals surface area contributed by atoms with Crippen LogP contribution in [0.1, 0.15) is 13.0 Å². The van der Waals surface area contributed by atoms with E-state index in [1.165, 1.54) is 34.3 Å². The topological polar surface area (TPSA) is 103 Å². The Morgan fingerprint density at radius 3 is 2.70 bits per heavy atom. The molecule has 27 heavy (non-hydrogen) atoms. The minimum atomic E-state index is -3.68. The van der Waals surface area contributed by atoms with Crippen molar-refractivity contribution in [1.29, 1.82) is 0 Å². The Morgan fingerprint density at radius 2 is 2.07 bits per heavy atom. The third kappa shape index (κ3) is 4.12. The van der Waals surface area contributed by atoms with Crippen LogP contribution < -0.4 is 10.1 Å². The molecule has 1 saturated heterocycles. The molecule has 0 aliphatic carbocycles. The summed E-state index contributed by atoms with van der Waals surface area (Å²) >= 11 is 0. The van der Waals surface area contributed by atoms with Crippen LogP contribution in [0, 0.1) is 0 Å². The van der Waals surface area contributed by atoms with Crippen LogP contribution in [0.3, 0.4) is 0 Å². The lowest BCUT2D eigenvalue weighted by Crippen LogP contribution is -2.40. The molecule has 1 aliphatic rings. The summed E-state index contributed by atoms with van der Waals surface area (Å²) in [6.07, 6.45) is 3.26. The number of methoxy groups -OCH3 is 1. The summed E-state index contributed by atoms with van der Waals surface area (Å²) in [4.78, 5) is 12.6. The molecule has 0 unspecified atom stereocenters. The molecule has 1 aromatic carbocycles. The molecule has 0 radical (unpaired) electrons.